The Morgan fingerprint density at radius 3 is 2.66 bits per heavy atom. The van der Waals surface area contributed by atoms with Crippen molar-refractivity contribution in [2.24, 2.45) is 0 Å². The molecule has 0 aliphatic heterocycles. The van der Waals surface area contributed by atoms with E-state index in [9.17, 15) is 17.2 Å². The predicted molar refractivity (Wildman–Crippen MR) is 125 cm³/mol. The number of anilines is 1. The highest BCUT2D eigenvalue weighted by Crippen LogP contribution is 2.33. The number of imidazole rings is 1. The third-order valence-electron chi connectivity index (χ3n) is 5.06. The van der Waals surface area contributed by atoms with Gasteiger partial charge in [0.15, 0.2) is 0 Å². The number of rotatable bonds is 7. The van der Waals surface area contributed by atoms with Gasteiger partial charge in [-0.2, -0.15) is 10.2 Å². The number of aromatic nitrogens is 6. The van der Waals surface area contributed by atoms with Crippen LogP contribution in [0.15, 0.2) is 53.9 Å². The van der Waals surface area contributed by atoms with Gasteiger partial charge in [-0.3, -0.25) is 9.40 Å². The lowest BCUT2D eigenvalue weighted by Crippen LogP contribution is -2.15. The molecule has 0 aliphatic rings. The Morgan fingerprint density at radius 1 is 1.11 bits per heavy atom. The average Bonchev–Trinajstić information content (AvgIpc) is 3.54. The van der Waals surface area contributed by atoms with Crippen LogP contribution in [0.5, 0.6) is 5.88 Å². The van der Waals surface area contributed by atoms with Gasteiger partial charge >= 0.3 is 0 Å². The van der Waals surface area contributed by atoms with Crippen LogP contribution in [0.1, 0.15) is 6.92 Å². The van der Waals surface area contributed by atoms with E-state index in [4.69, 9.17) is 4.74 Å². The molecule has 1 N–H and O–H groups in total. The Bertz CT molecular complexity index is 1660. The van der Waals surface area contributed by atoms with Crippen molar-refractivity contribution in [3.63, 3.8) is 0 Å². The molecule has 0 spiro atoms. The van der Waals surface area contributed by atoms with E-state index >= 15 is 0 Å². The van der Waals surface area contributed by atoms with E-state index in [0.29, 0.717) is 21.6 Å². The number of hydrogen-bond acceptors (Lipinski definition) is 8. The molecule has 1 aromatic carbocycles. The van der Waals surface area contributed by atoms with Crippen molar-refractivity contribution in [2.45, 2.75) is 18.4 Å². The number of benzene rings is 1. The Hall–Kier alpha value is -3.91. The predicted octanol–water partition coefficient (Wildman–Crippen LogP) is 3.82. The zero-order valence-corrected chi connectivity index (χ0v) is 19.9. The van der Waals surface area contributed by atoms with Gasteiger partial charge in [0.05, 0.1) is 25.2 Å². The third-order valence-corrected chi connectivity index (χ3v) is 7.43. The van der Waals surface area contributed by atoms with Crippen molar-refractivity contribution in [1.82, 2.24) is 29.4 Å². The van der Waals surface area contributed by atoms with E-state index < -0.39 is 26.6 Å². The number of methoxy groups -OCH3 is 1. The molecule has 0 aliphatic carbocycles. The summed E-state index contributed by atoms with van der Waals surface area (Å²) in [4.78, 5) is 8.46. The number of ether oxygens (including phenoxy) is 1. The molecule has 35 heavy (non-hydrogen) atoms. The van der Waals surface area contributed by atoms with Crippen LogP contribution in [0.3, 0.4) is 0 Å². The molecular formula is C21H17F2N7O3S2. The fraction of sp³-hybridized carbons (Fsp3) is 0.143. The first-order chi connectivity index (χ1) is 16.8. The Labute approximate surface area is 201 Å². The first-order valence-corrected chi connectivity index (χ1v) is 12.5. The summed E-state index contributed by atoms with van der Waals surface area (Å²) < 4.78 is 63.8. The number of pyridine rings is 1. The van der Waals surface area contributed by atoms with Gasteiger partial charge in [0.1, 0.15) is 27.2 Å². The van der Waals surface area contributed by atoms with E-state index in [1.54, 1.807) is 21.6 Å². The summed E-state index contributed by atoms with van der Waals surface area (Å²) >= 11 is 1.27. The van der Waals surface area contributed by atoms with Crippen molar-refractivity contribution in [1.29, 1.82) is 0 Å². The van der Waals surface area contributed by atoms with Crippen molar-refractivity contribution >= 4 is 32.0 Å². The highest BCUT2D eigenvalue weighted by atomic mass is 32.2. The van der Waals surface area contributed by atoms with Crippen molar-refractivity contribution in [3.8, 4) is 27.7 Å². The first-order valence-electron chi connectivity index (χ1n) is 10.2. The topological polar surface area (TPSA) is 116 Å². The molecule has 180 valence electrons. The summed E-state index contributed by atoms with van der Waals surface area (Å²) in [6.45, 7) is 2.71. The van der Waals surface area contributed by atoms with Gasteiger partial charge in [0.25, 0.3) is 10.0 Å². The Balaban J connectivity index is 1.52. The standard InChI is InChI=1S/C21H17F2N7O3S2/c1-3-29-11-13(9-26-29)17-10-25-21-30(17)27-20(34-21)12-6-16(19(33-2)24-8-12)28-35(31,32)18-5-4-14(22)7-15(18)23/h4-11,28H,3H2,1-2H3. The summed E-state index contributed by atoms with van der Waals surface area (Å²) in [6.07, 6.45) is 6.78. The van der Waals surface area contributed by atoms with Gasteiger partial charge in [-0.15, -0.1) is 0 Å². The Kier molecular flexibility index (Phi) is 5.68. The first kappa shape index (κ1) is 22.9. The summed E-state index contributed by atoms with van der Waals surface area (Å²) in [5.74, 6) is -2.15. The summed E-state index contributed by atoms with van der Waals surface area (Å²) in [6, 6.07) is 3.66. The van der Waals surface area contributed by atoms with E-state index in [-0.39, 0.29) is 11.6 Å². The molecule has 10 nitrogen and oxygen atoms in total. The number of nitrogens with zero attached hydrogens (tertiary/aromatic N) is 6. The molecule has 14 heteroatoms. The van der Waals surface area contributed by atoms with Crippen molar-refractivity contribution in [3.05, 3.63) is 60.7 Å². The summed E-state index contributed by atoms with van der Waals surface area (Å²) in [5, 5.41) is 9.40. The number of fused-ring (bicyclic) bond motifs is 1. The molecule has 0 amide bonds. The van der Waals surface area contributed by atoms with Crippen molar-refractivity contribution < 1.29 is 21.9 Å². The lowest BCUT2D eigenvalue weighted by Gasteiger charge is -2.12. The van der Waals surface area contributed by atoms with Gasteiger partial charge in [0, 0.05) is 36.1 Å². The molecule has 0 fully saturated rings. The molecule has 5 aromatic rings. The minimum absolute atomic E-state index is 0.0335. The monoisotopic (exact) mass is 517 g/mol. The molecule has 0 bridgehead atoms. The zero-order valence-electron chi connectivity index (χ0n) is 18.3. The molecule has 5 rings (SSSR count). The van der Waals surface area contributed by atoms with Gasteiger partial charge in [-0.1, -0.05) is 11.3 Å². The highest BCUT2D eigenvalue weighted by molar-refractivity contribution is 7.92. The number of halogens is 2. The van der Waals surface area contributed by atoms with E-state index in [1.165, 1.54) is 30.7 Å². The molecule has 0 saturated heterocycles. The lowest BCUT2D eigenvalue weighted by atomic mass is 10.3. The van der Waals surface area contributed by atoms with Gasteiger partial charge < -0.3 is 4.74 Å². The molecule has 0 atom stereocenters. The van der Waals surface area contributed by atoms with E-state index in [0.717, 1.165) is 29.9 Å². The van der Waals surface area contributed by atoms with E-state index in [2.05, 4.69) is 24.9 Å². The maximum atomic E-state index is 14.1. The highest BCUT2D eigenvalue weighted by Gasteiger charge is 2.23. The second-order valence-electron chi connectivity index (χ2n) is 7.29. The van der Waals surface area contributed by atoms with Gasteiger partial charge in [-0.05, 0) is 25.1 Å². The number of sulfonamides is 1. The van der Waals surface area contributed by atoms with Crippen LogP contribution in [-0.4, -0.2) is 44.9 Å². The van der Waals surface area contributed by atoms with Crippen molar-refractivity contribution in [2.75, 3.05) is 11.8 Å². The minimum atomic E-state index is -4.40. The Morgan fingerprint density at radius 2 is 1.94 bits per heavy atom. The zero-order chi connectivity index (χ0) is 24.7. The summed E-state index contributed by atoms with van der Waals surface area (Å²) in [5.41, 5.74) is 2.04. The van der Waals surface area contributed by atoms with Gasteiger partial charge in [0.2, 0.25) is 10.8 Å². The SMILES string of the molecule is CCn1cc(-c2cnc3sc(-c4cnc(OC)c(NS(=O)(=O)c5ccc(F)cc5F)c4)nn23)cn1. The number of hydrogen-bond donors (Lipinski definition) is 1. The number of nitrogens with one attached hydrogen (secondary N) is 1. The maximum absolute atomic E-state index is 14.1. The molecule has 0 radical (unpaired) electrons. The molecular weight excluding hydrogens is 500 g/mol. The molecule has 0 unspecified atom stereocenters. The largest absolute Gasteiger partial charge is 0.480 e. The second kappa shape index (κ2) is 8.70. The smallest absolute Gasteiger partial charge is 0.264 e. The van der Waals surface area contributed by atoms with Gasteiger partial charge in [-0.25, -0.2) is 31.7 Å². The van der Waals surface area contributed by atoms with Crippen LogP contribution in [0, 0.1) is 11.6 Å². The quantitative estimate of drug-likeness (QED) is 0.349. The third kappa shape index (κ3) is 4.21. The van der Waals surface area contributed by atoms with Crippen LogP contribution in [0.25, 0.3) is 26.8 Å². The average molecular weight is 518 g/mol. The maximum Gasteiger partial charge on any atom is 0.264 e. The van der Waals surface area contributed by atoms with E-state index in [1.807, 2.05) is 13.1 Å². The number of aryl methyl sites for hydroxylation is 1. The van der Waals surface area contributed by atoms with Crippen LogP contribution in [0.4, 0.5) is 14.5 Å². The van der Waals surface area contributed by atoms with Crippen LogP contribution < -0.4 is 9.46 Å². The minimum Gasteiger partial charge on any atom is -0.480 e. The second-order valence-corrected chi connectivity index (χ2v) is 9.90. The van der Waals surface area contributed by atoms with Crippen LogP contribution in [-0.2, 0) is 16.6 Å². The molecule has 0 saturated carbocycles. The normalized spacial score (nSPS) is 11.8. The fourth-order valence-electron chi connectivity index (χ4n) is 3.37. The van der Waals surface area contributed by atoms with Crippen LogP contribution >= 0.6 is 11.3 Å². The lowest BCUT2D eigenvalue weighted by molar-refractivity contribution is 0.400. The molecule has 4 heterocycles. The van der Waals surface area contributed by atoms with Crippen LogP contribution in [0.2, 0.25) is 0 Å². The summed E-state index contributed by atoms with van der Waals surface area (Å²) in [7, 11) is -3.09. The fourth-order valence-corrected chi connectivity index (χ4v) is 5.34. The molecule has 4 aromatic heterocycles.